The molecule has 1 N–H and O–H groups in total. The highest BCUT2D eigenvalue weighted by Gasteiger charge is 2.17. The number of rotatable bonds is 1. The van der Waals surface area contributed by atoms with Crippen molar-refractivity contribution in [2.75, 3.05) is 6.54 Å². The molecule has 1 saturated heterocycles. The van der Waals surface area contributed by atoms with Crippen LogP contribution in [-0.2, 0) is 0 Å². The van der Waals surface area contributed by atoms with Gasteiger partial charge in [-0.05, 0) is 41.4 Å². The molecule has 76 valence electrons. The van der Waals surface area contributed by atoms with Crippen LogP contribution in [0.1, 0.15) is 30.9 Å². The first kappa shape index (κ1) is 10.4. The summed E-state index contributed by atoms with van der Waals surface area (Å²) in [7, 11) is 0. The van der Waals surface area contributed by atoms with Gasteiger partial charge in [0.15, 0.2) is 0 Å². The van der Waals surface area contributed by atoms with Gasteiger partial charge in [-0.2, -0.15) is 0 Å². The molecule has 0 unspecified atom stereocenters. The predicted molar refractivity (Wildman–Crippen MR) is 61.5 cm³/mol. The highest BCUT2D eigenvalue weighted by Crippen LogP contribution is 2.29. The largest absolute Gasteiger partial charge is 0.310 e. The monoisotopic (exact) mass is 274 g/mol. The molecule has 0 amide bonds. The Morgan fingerprint density at radius 2 is 2.36 bits per heavy atom. The fourth-order valence-corrected chi connectivity index (χ4v) is 2.38. The average molecular weight is 276 g/mol. The van der Waals surface area contributed by atoms with E-state index in [0.717, 1.165) is 23.0 Å². The van der Waals surface area contributed by atoms with Crippen molar-refractivity contribution in [3.05, 3.63) is 27.5 Å². The third-order valence-electron chi connectivity index (χ3n) is 2.52. The second-order valence-corrected chi connectivity index (χ2v) is 4.81. The summed E-state index contributed by atoms with van der Waals surface area (Å²) in [5, 5.41) is 4.08. The van der Waals surface area contributed by atoms with Gasteiger partial charge in [-0.3, -0.25) is 0 Å². The summed E-state index contributed by atoms with van der Waals surface area (Å²) in [6, 6.07) is 2.43. The first-order valence-corrected chi connectivity index (χ1v) is 5.99. The second kappa shape index (κ2) is 4.60. The van der Waals surface area contributed by atoms with Gasteiger partial charge in [-0.25, -0.2) is 4.98 Å². The molecule has 1 fully saturated rings. The van der Waals surface area contributed by atoms with E-state index in [4.69, 9.17) is 11.6 Å². The third kappa shape index (κ3) is 2.27. The smallest absolute Gasteiger partial charge is 0.133 e. The molecule has 0 radical (unpaired) electrons. The molecular formula is C10H12BrClN2. The molecule has 0 aliphatic carbocycles. The maximum absolute atomic E-state index is 6.06. The molecule has 4 heteroatoms. The van der Waals surface area contributed by atoms with Gasteiger partial charge in [0.2, 0.25) is 0 Å². The molecule has 0 spiro atoms. The van der Waals surface area contributed by atoms with Crippen LogP contribution < -0.4 is 5.32 Å². The van der Waals surface area contributed by atoms with Crippen LogP contribution in [0.3, 0.4) is 0 Å². The molecule has 0 bridgehead atoms. The van der Waals surface area contributed by atoms with E-state index in [0.29, 0.717) is 11.2 Å². The van der Waals surface area contributed by atoms with Gasteiger partial charge in [0.05, 0.1) is 0 Å². The SMILES string of the molecule is Clc1ncc(Br)cc1[C@H]1CCCCN1. The normalized spacial score (nSPS) is 22.3. The minimum atomic E-state index is 0.376. The molecule has 2 heterocycles. The van der Waals surface area contributed by atoms with Gasteiger partial charge in [-0.1, -0.05) is 18.0 Å². The Kier molecular flexibility index (Phi) is 3.42. The summed E-state index contributed by atoms with van der Waals surface area (Å²) in [5.41, 5.74) is 1.11. The van der Waals surface area contributed by atoms with Crippen molar-refractivity contribution in [2.24, 2.45) is 0 Å². The molecule has 1 atom stereocenters. The summed E-state index contributed by atoms with van der Waals surface area (Å²) in [6.07, 6.45) is 5.41. The molecule has 1 aliphatic rings. The van der Waals surface area contributed by atoms with Crippen LogP contribution in [0.4, 0.5) is 0 Å². The van der Waals surface area contributed by atoms with Crippen molar-refractivity contribution in [3.8, 4) is 0 Å². The molecule has 2 nitrogen and oxygen atoms in total. The van der Waals surface area contributed by atoms with E-state index in [1.165, 1.54) is 12.8 Å². The zero-order valence-electron chi connectivity index (χ0n) is 7.76. The minimum Gasteiger partial charge on any atom is -0.310 e. The van der Waals surface area contributed by atoms with E-state index in [9.17, 15) is 0 Å². The van der Waals surface area contributed by atoms with E-state index in [2.05, 4.69) is 32.3 Å². The van der Waals surface area contributed by atoms with E-state index < -0.39 is 0 Å². The number of hydrogen-bond donors (Lipinski definition) is 1. The fraction of sp³-hybridized carbons (Fsp3) is 0.500. The van der Waals surface area contributed by atoms with Crippen molar-refractivity contribution in [2.45, 2.75) is 25.3 Å². The Morgan fingerprint density at radius 1 is 1.50 bits per heavy atom. The highest BCUT2D eigenvalue weighted by molar-refractivity contribution is 9.10. The standard InChI is InChI=1S/C10H12BrClN2/c11-7-5-8(10(12)14-6-7)9-3-1-2-4-13-9/h5-6,9,13H,1-4H2/t9-/m1/s1. The molecule has 1 aliphatic heterocycles. The van der Waals surface area contributed by atoms with Crippen molar-refractivity contribution in [3.63, 3.8) is 0 Å². The molecule has 1 aromatic rings. The Balaban J connectivity index is 2.24. The van der Waals surface area contributed by atoms with Gasteiger partial charge < -0.3 is 5.32 Å². The summed E-state index contributed by atoms with van der Waals surface area (Å²) in [5.74, 6) is 0. The summed E-state index contributed by atoms with van der Waals surface area (Å²) in [6.45, 7) is 1.08. The summed E-state index contributed by atoms with van der Waals surface area (Å²) < 4.78 is 0.990. The molecule has 2 rings (SSSR count). The molecule has 0 aromatic carbocycles. The minimum absolute atomic E-state index is 0.376. The average Bonchev–Trinajstić information content (AvgIpc) is 2.23. The van der Waals surface area contributed by atoms with Gasteiger partial charge >= 0.3 is 0 Å². The quantitative estimate of drug-likeness (QED) is 0.796. The lowest BCUT2D eigenvalue weighted by atomic mass is 9.99. The summed E-state index contributed by atoms with van der Waals surface area (Å²) in [4.78, 5) is 4.13. The zero-order chi connectivity index (χ0) is 9.97. The maximum Gasteiger partial charge on any atom is 0.133 e. The van der Waals surface area contributed by atoms with Crippen molar-refractivity contribution in [1.29, 1.82) is 0 Å². The topological polar surface area (TPSA) is 24.9 Å². The van der Waals surface area contributed by atoms with Crippen molar-refractivity contribution >= 4 is 27.5 Å². The molecule has 14 heavy (non-hydrogen) atoms. The molecular weight excluding hydrogens is 263 g/mol. The van der Waals surface area contributed by atoms with Gasteiger partial charge in [0.1, 0.15) is 5.15 Å². The Morgan fingerprint density at radius 3 is 3.07 bits per heavy atom. The first-order chi connectivity index (χ1) is 6.77. The van der Waals surface area contributed by atoms with Crippen molar-refractivity contribution < 1.29 is 0 Å². The van der Waals surface area contributed by atoms with Crippen LogP contribution in [0.5, 0.6) is 0 Å². The predicted octanol–water partition coefficient (Wildman–Crippen LogP) is 3.31. The van der Waals surface area contributed by atoms with E-state index in [1.54, 1.807) is 6.20 Å². The Labute approximate surface area is 97.2 Å². The lowest BCUT2D eigenvalue weighted by Gasteiger charge is -2.24. The Hall–Kier alpha value is -0.120. The number of piperidine rings is 1. The third-order valence-corrected chi connectivity index (χ3v) is 3.27. The molecule has 0 saturated carbocycles. The lowest BCUT2D eigenvalue weighted by molar-refractivity contribution is 0.411. The number of aromatic nitrogens is 1. The van der Waals surface area contributed by atoms with Gasteiger partial charge in [0, 0.05) is 22.3 Å². The van der Waals surface area contributed by atoms with Gasteiger partial charge in [0.25, 0.3) is 0 Å². The van der Waals surface area contributed by atoms with Crippen LogP contribution in [0, 0.1) is 0 Å². The number of hydrogen-bond acceptors (Lipinski definition) is 2. The number of nitrogens with one attached hydrogen (secondary N) is 1. The van der Waals surface area contributed by atoms with Crippen LogP contribution in [0.25, 0.3) is 0 Å². The zero-order valence-corrected chi connectivity index (χ0v) is 10.1. The van der Waals surface area contributed by atoms with Crippen LogP contribution in [0.2, 0.25) is 5.15 Å². The lowest BCUT2D eigenvalue weighted by Crippen LogP contribution is -2.27. The number of pyridine rings is 1. The Bertz CT molecular complexity index is 324. The fourth-order valence-electron chi connectivity index (χ4n) is 1.80. The molecule has 1 aromatic heterocycles. The van der Waals surface area contributed by atoms with Crippen LogP contribution >= 0.6 is 27.5 Å². The number of halogens is 2. The maximum atomic E-state index is 6.06. The van der Waals surface area contributed by atoms with E-state index >= 15 is 0 Å². The van der Waals surface area contributed by atoms with Crippen LogP contribution in [-0.4, -0.2) is 11.5 Å². The highest BCUT2D eigenvalue weighted by atomic mass is 79.9. The van der Waals surface area contributed by atoms with E-state index in [-0.39, 0.29) is 0 Å². The summed E-state index contributed by atoms with van der Waals surface area (Å²) >= 11 is 9.47. The second-order valence-electron chi connectivity index (χ2n) is 3.54. The van der Waals surface area contributed by atoms with Crippen LogP contribution in [0.15, 0.2) is 16.7 Å². The van der Waals surface area contributed by atoms with E-state index in [1.807, 2.05) is 0 Å². The van der Waals surface area contributed by atoms with Gasteiger partial charge in [-0.15, -0.1) is 0 Å². The first-order valence-electron chi connectivity index (χ1n) is 4.81. The van der Waals surface area contributed by atoms with Crippen molar-refractivity contribution in [1.82, 2.24) is 10.3 Å². The number of nitrogens with zero attached hydrogens (tertiary/aromatic N) is 1.